The molecular formula is C21H28O4. The van der Waals surface area contributed by atoms with E-state index in [2.05, 4.69) is 0 Å². The van der Waals surface area contributed by atoms with E-state index in [0.29, 0.717) is 50.8 Å². The van der Waals surface area contributed by atoms with Gasteiger partial charge < -0.3 is 18.9 Å². The van der Waals surface area contributed by atoms with Crippen molar-refractivity contribution in [3.8, 4) is 0 Å². The molecule has 4 heteroatoms. The Hall–Kier alpha value is -1.72. The minimum Gasteiger partial charge on any atom is -0.382 e. The number of ether oxygens (including phenoxy) is 4. The highest BCUT2D eigenvalue weighted by Crippen LogP contribution is 2.21. The average molecular weight is 346 g/mol. The molecule has 0 N–H and O–H groups in total. The second kappa shape index (κ2) is 11.8. The summed E-state index contributed by atoms with van der Waals surface area (Å²) in [4.78, 5) is 0. The van der Waals surface area contributed by atoms with Crippen LogP contribution in [0.2, 0.25) is 0 Å². The lowest BCUT2D eigenvalue weighted by molar-refractivity contribution is 0.0588. The Morgan fingerprint density at radius 2 is 1.28 bits per heavy atom. The summed E-state index contributed by atoms with van der Waals surface area (Å²) < 4.78 is 39.0. The number of hydrogen-bond acceptors (Lipinski definition) is 4. The second-order valence-electron chi connectivity index (χ2n) is 5.53. The van der Waals surface area contributed by atoms with Crippen LogP contribution in [0.1, 0.15) is 25.0 Å². The Bertz CT molecular complexity index is 647. The fourth-order valence-electron chi connectivity index (χ4n) is 2.37. The standard InChI is InChI=1S/C21H28O4/c1-22-11-13-24-16-19-9-6-10-20(17-25-14-12-23-2)21(19)15-18-7-4-3-5-8-18/h3-10H,11-17H2,1-2H3/i15D2. The molecule has 0 aromatic heterocycles. The van der Waals surface area contributed by atoms with E-state index in [1.807, 2.05) is 36.4 Å². The molecule has 0 atom stereocenters. The summed E-state index contributed by atoms with van der Waals surface area (Å²) in [5.41, 5.74) is 2.83. The third-order valence-corrected chi connectivity index (χ3v) is 3.66. The Labute approximate surface area is 153 Å². The van der Waals surface area contributed by atoms with E-state index in [9.17, 15) is 0 Å². The van der Waals surface area contributed by atoms with Gasteiger partial charge in [-0.15, -0.1) is 0 Å². The van der Waals surface area contributed by atoms with Crippen molar-refractivity contribution in [2.75, 3.05) is 40.6 Å². The minimum atomic E-state index is -1.66. The number of rotatable bonds is 12. The van der Waals surface area contributed by atoms with Crippen LogP contribution in [-0.4, -0.2) is 40.6 Å². The highest BCUT2D eigenvalue weighted by Gasteiger charge is 2.10. The lowest BCUT2D eigenvalue weighted by Gasteiger charge is -2.16. The van der Waals surface area contributed by atoms with Crippen molar-refractivity contribution in [3.63, 3.8) is 0 Å². The van der Waals surface area contributed by atoms with Gasteiger partial charge in [-0.1, -0.05) is 48.5 Å². The topological polar surface area (TPSA) is 36.9 Å². The maximum atomic E-state index is 8.83. The normalized spacial score (nSPS) is 12.7. The van der Waals surface area contributed by atoms with Gasteiger partial charge in [-0.3, -0.25) is 0 Å². The minimum absolute atomic E-state index is 0.316. The van der Waals surface area contributed by atoms with Gasteiger partial charge in [0.15, 0.2) is 0 Å². The van der Waals surface area contributed by atoms with Gasteiger partial charge in [0.25, 0.3) is 0 Å². The van der Waals surface area contributed by atoms with Crippen molar-refractivity contribution < 1.29 is 21.7 Å². The van der Waals surface area contributed by atoms with Gasteiger partial charge in [0.05, 0.1) is 39.6 Å². The van der Waals surface area contributed by atoms with Crippen LogP contribution in [0.25, 0.3) is 0 Å². The fraction of sp³-hybridized carbons (Fsp3) is 0.429. The summed E-state index contributed by atoms with van der Waals surface area (Å²) in [5, 5.41) is 0. The highest BCUT2D eigenvalue weighted by atomic mass is 16.5. The zero-order valence-electron chi connectivity index (χ0n) is 17.0. The molecule has 0 radical (unpaired) electrons. The summed E-state index contributed by atoms with van der Waals surface area (Å²) in [5.74, 6) is 0. The van der Waals surface area contributed by atoms with E-state index >= 15 is 0 Å². The summed E-state index contributed by atoms with van der Waals surface area (Å²) >= 11 is 0. The van der Waals surface area contributed by atoms with Gasteiger partial charge in [0, 0.05) is 17.0 Å². The smallest absolute Gasteiger partial charge is 0.0720 e. The van der Waals surface area contributed by atoms with Crippen molar-refractivity contribution in [1.29, 1.82) is 0 Å². The summed E-state index contributed by atoms with van der Waals surface area (Å²) in [6, 6.07) is 14.9. The third kappa shape index (κ3) is 6.96. The molecule has 0 fully saturated rings. The van der Waals surface area contributed by atoms with Crippen LogP contribution in [0, 0.1) is 0 Å². The zero-order valence-corrected chi connectivity index (χ0v) is 15.0. The van der Waals surface area contributed by atoms with E-state index in [1.165, 1.54) is 0 Å². The van der Waals surface area contributed by atoms with Gasteiger partial charge in [-0.05, 0) is 28.6 Å². The van der Waals surface area contributed by atoms with E-state index in [-0.39, 0.29) is 0 Å². The lowest BCUT2D eigenvalue weighted by atomic mass is 9.95. The summed E-state index contributed by atoms with van der Waals surface area (Å²) in [7, 11) is 3.25. The fourth-order valence-corrected chi connectivity index (χ4v) is 2.37. The van der Waals surface area contributed by atoms with Crippen LogP contribution in [0.4, 0.5) is 0 Å². The largest absolute Gasteiger partial charge is 0.382 e. The lowest BCUT2D eigenvalue weighted by Crippen LogP contribution is -2.08. The second-order valence-corrected chi connectivity index (χ2v) is 5.53. The molecule has 0 saturated carbocycles. The molecular weight excluding hydrogens is 316 g/mol. The first-order valence-corrected chi connectivity index (χ1v) is 8.41. The highest BCUT2D eigenvalue weighted by molar-refractivity contribution is 5.38. The maximum absolute atomic E-state index is 8.83. The molecule has 2 aromatic carbocycles. The molecule has 0 unspecified atom stereocenters. The first-order valence-electron chi connectivity index (χ1n) is 9.41. The van der Waals surface area contributed by atoms with Gasteiger partial charge in [0.2, 0.25) is 0 Å². The van der Waals surface area contributed by atoms with E-state index in [0.717, 1.165) is 11.1 Å². The molecule has 0 aliphatic carbocycles. The number of benzene rings is 2. The van der Waals surface area contributed by atoms with E-state index in [4.69, 9.17) is 21.7 Å². The van der Waals surface area contributed by atoms with Gasteiger partial charge in [0.1, 0.15) is 0 Å². The van der Waals surface area contributed by atoms with Gasteiger partial charge >= 0.3 is 0 Å². The molecule has 4 nitrogen and oxygen atoms in total. The van der Waals surface area contributed by atoms with Gasteiger partial charge in [-0.25, -0.2) is 0 Å². The predicted molar refractivity (Wildman–Crippen MR) is 98.8 cm³/mol. The summed E-state index contributed by atoms with van der Waals surface area (Å²) in [6.07, 6.45) is -1.66. The first-order chi connectivity index (χ1) is 13.1. The Balaban J connectivity index is 2.33. The molecule has 0 aliphatic rings. The SMILES string of the molecule is [2H]C([2H])(c1ccccc1)c1c(COCCOC)cccc1COCCOC. The van der Waals surface area contributed by atoms with Crippen LogP contribution in [0.5, 0.6) is 0 Å². The maximum Gasteiger partial charge on any atom is 0.0720 e. The van der Waals surface area contributed by atoms with Crippen LogP contribution in [0.15, 0.2) is 48.5 Å². The number of hydrogen-bond donors (Lipinski definition) is 0. The monoisotopic (exact) mass is 346 g/mol. The third-order valence-electron chi connectivity index (χ3n) is 3.66. The summed E-state index contributed by atoms with van der Waals surface area (Å²) in [6.45, 7) is 2.55. The molecule has 0 saturated heterocycles. The van der Waals surface area contributed by atoms with Crippen molar-refractivity contribution in [3.05, 3.63) is 70.8 Å². The molecule has 0 bridgehead atoms. The van der Waals surface area contributed by atoms with Crippen LogP contribution >= 0.6 is 0 Å². The van der Waals surface area contributed by atoms with Crippen molar-refractivity contribution in [2.45, 2.75) is 19.6 Å². The molecule has 136 valence electrons. The first kappa shape index (κ1) is 16.7. The van der Waals surface area contributed by atoms with Crippen molar-refractivity contribution in [1.82, 2.24) is 0 Å². The molecule has 25 heavy (non-hydrogen) atoms. The Kier molecular flexibility index (Phi) is 7.88. The predicted octanol–water partition coefficient (Wildman–Crippen LogP) is 3.60. The van der Waals surface area contributed by atoms with Crippen molar-refractivity contribution >= 4 is 0 Å². The number of methoxy groups -OCH3 is 2. The molecule has 0 aliphatic heterocycles. The van der Waals surface area contributed by atoms with Gasteiger partial charge in [-0.2, -0.15) is 0 Å². The molecule has 2 aromatic rings. The average Bonchev–Trinajstić information content (AvgIpc) is 2.69. The van der Waals surface area contributed by atoms with Crippen molar-refractivity contribution in [2.24, 2.45) is 0 Å². The Morgan fingerprint density at radius 3 is 1.80 bits per heavy atom. The zero-order chi connectivity index (χ0) is 19.5. The Morgan fingerprint density at radius 1 is 0.720 bits per heavy atom. The van der Waals surface area contributed by atoms with E-state index < -0.39 is 6.37 Å². The molecule has 2 rings (SSSR count). The quantitative estimate of drug-likeness (QED) is 0.550. The van der Waals surface area contributed by atoms with Crippen LogP contribution in [-0.2, 0) is 38.5 Å². The molecule has 0 spiro atoms. The molecule has 0 amide bonds. The van der Waals surface area contributed by atoms with Crippen LogP contribution in [0.3, 0.4) is 0 Å². The van der Waals surface area contributed by atoms with Crippen LogP contribution < -0.4 is 0 Å². The molecule has 0 heterocycles. The van der Waals surface area contributed by atoms with E-state index in [1.54, 1.807) is 26.4 Å².